The molecule has 1 unspecified atom stereocenters. The number of nitrogens with zero attached hydrogens (tertiary/aromatic N) is 3. The maximum Gasteiger partial charge on any atom is 0.415 e. The van der Waals surface area contributed by atoms with Gasteiger partial charge in [-0.05, 0) is 51.1 Å². The van der Waals surface area contributed by atoms with E-state index < -0.39 is 30.8 Å². The Bertz CT molecular complexity index is 1330. The first kappa shape index (κ1) is 28.6. The number of amides is 1. The Morgan fingerprint density at radius 3 is 2.72 bits per heavy atom. The van der Waals surface area contributed by atoms with Crippen molar-refractivity contribution in [1.29, 1.82) is 0 Å². The Hall–Kier alpha value is -3.41. The Morgan fingerprint density at radius 1 is 1.21 bits per heavy atom. The van der Waals surface area contributed by atoms with Crippen LogP contribution in [0, 0.1) is 5.82 Å². The van der Waals surface area contributed by atoms with Crippen LogP contribution in [-0.2, 0) is 14.3 Å². The van der Waals surface area contributed by atoms with E-state index in [4.69, 9.17) is 37.4 Å². The molecule has 2 N–H and O–H groups in total. The molecule has 1 aliphatic rings. The quantitative estimate of drug-likeness (QED) is 0.182. The lowest BCUT2D eigenvalue weighted by Crippen LogP contribution is -2.29. The molecule has 1 aromatic carbocycles. The summed E-state index contributed by atoms with van der Waals surface area (Å²) in [6, 6.07) is 4.51. The van der Waals surface area contributed by atoms with Gasteiger partial charge in [-0.3, -0.25) is 14.8 Å². The normalized spacial score (nSPS) is 14.5. The number of piperidine rings is 1. The van der Waals surface area contributed by atoms with Crippen LogP contribution in [-0.4, -0.2) is 46.7 Å². The first-order valence-electron chi connectivity index (χ1n) is 12.4. The highest BCUT2D eigenvalue weighted by molar-refractivity contribution is 6.36. The standard InChI is InChI=1S/C26H28Cl2FN5O5/c1-3-22(35)37-14-38-26(36)33-25-21(39-15(2)23-19(27)4-5-20(29)24(23)28)10-16(11-31-25)17-12-32-34(13-17)18-6-8-30-9-7-18/h4-5,10-13,15,18,30H,3,6-9,14H2,1-2H3,(H,31,33,36). The Balaban J connectivity index is 1.60. The number of aromatic nitrogens is 3. The van der Waals surface area contributed by atoms with Gasteiger partial charge in [-0.2, -0.15) is 5.10 Å². The fourth-order valence-corrected chi connectivity index (χ4v) is 4.77. The number of hydrogen-bond acceptors (Lipinski definition) is 8. The topological polar surface area (TPSA) is 117 Å². The Morgan fingerprint density at radius 2 is 1.97 bits per heavy atom. The van der Waals surface area contributed by atoms with Crippen LogP contribution in [0.4, 0.5) is 15.0 Å². The molecular weight excluding hydrogens is 552 g/mol. The van der Waals surface area contributed by atoms with E-state index >= 15 is 0 Å². The van der Waals surface area contributed by atoms with Gasteiger partial charge in [-0.25, -0.2) is 14.2 Å². The number of esters is 1. The molecule has 1 atom stereocenters. The van der Waals surface area contributed by atoms with Crippen molar-refractivity contribution in [2.75, 3.05) is 25.2 Å². The third-order valence-corrected chi connectivity index (χ3v) is 6.89. The van der Waals surface area contributed by atoms with E-state index in [0.29, 0.717) is 11.6 Å². The molecule has 39 heavy (non-hydrogen) atoms. The summed E-state index contributed by atoms with van der Waals surface area (Å²) in [5.41, 5.74) is 1.70. The van der Waals surface area contributed by atoms with Crippen molar-refractivity contribution < 1.29 is 28.2 Å². The minimum atomic E-state index is -0.919. The number of anilines is 1. The summed E-state index contributed by atoms with van der Waals surface area (Å²) in [6.45, 7) is 4.55. The molecule has 4 rings (SSSR count). The van der Waals surface area contributed by atoms with Crippen LogP contribution in [0.5, 0.6) is 5.75 Å². The highest BCUT2D eigenvalue weighted by Crippen LogP contribution is 2.38. The predicted molar refractivity (Wildman–Crippen MR) is 143 cm³/mol. The lowest BCUT2D eigenvalue weighted by Gasteiger charge is -2.22. The van der Waals surface area contributed by atoms with Crippen LogP contribution in [0.1, 0.15) is 50.8 Å². The number of benzene rings is 1. The van der Waals surface area contributed by atoms with E-state index in [-0.39, 0.29) is 33.6 Å². The van der Waals surface area contributed by atoms with E-state index in [9.17, 15) is 14.0 Å². The molecule has 3 heterocycles. The first-order chi connectivity index (χ1) is 18.8. The molecule has 0 bridgehead atoms. The number of nitrogens with one attached hydrogen (secondary N) is 2. The van der Waals surface area contributed by atoms with Crippen molar-refractivity contribution in [3.05, 3.63) is 58.2 Å². The maximum atomic E-state index is 14.2. The van der Waals surface area contributed by atoms with Crippen LogP contribution in [0.15, 0.2) is 36.8 Å². The van der Waals surface area contributed by atoms with Gasteiger partial charge in [0.15, 0.2) is 11.6 Å². The highest BCUT2D eigenvalue weighted by atomic mass is 35.5. The van der Waals surface area contributed by atoms with Gasteiger partial charge in [0.2, 0.25) is 6.79 Å². The van der Waals surface area contributed by atoms with Crippen LogP contribution >= 0.6 is 23.2 Å². The minimum Gasteiger partial charge on any atom is -0.482 e. The van der Waals surface area contributed by atoms with Crippen molar-refractivity contribution in [3.63, 3.8) is 0 Å². The van der Waals surface area contributed by atoms with Crippen LogP contribution in [0.2, 0.25) is 10.0 Å². The molecule has 10 nitrogen and oxygen atoms in total. The van der Waals surface area contributed by atoms with Gasteiger partial charge in [0, 0.05) is 40.5 Å². The summed E-state index contributed by atoms with van der Waals surface area (Å²) in [5.74, 6) is -0.996. The monoisotopic (exact) mass is 579 g/mol. The largest absolute Gasteiger partial charge is 0.482 e. The summed E-state index contributed by atoms with van der Waals surface area (Å²) in [4.78, 5) is 28.0. The smallest absolute Gasteiger partial charge is 0.415 e. The second-order valence-corrected chi connectivity index (χ2v) is 9.61. The van der Waals surface area contributed by atoms with Crippen LogP contribution in [0.25, 0.3) is 11.1 Å². The SMILES string of the molecule is CCC(=O)OCOC(=O)Nc1ncc(-c2cnn(C3CCNCC3)c2)cc1OC(C)c1c(Cl)ccc(F)c1Cl. The van der Waals surface area contributed by atoms with Crippen LogP contribution < -0.4 is 15.4 Å². The van der Waals surface area contributed by atoms with Crippen molar-refractivity contribution in [1.82, 2.24) is 20.1 Å². The molecule has 1 saturated heterocycles. The van der Waals surface area contributed by atoms with Gasteiger partial charge in [0.1, 0.15) is 11.9 Å². The number of carbonyl (C=O) groups is 2. The van der Waals surface area contributed by atoms with E-state index in [0.717, 1.165) is 37.6 Å². The second kappa shape index (κ2) is 13.1. The Labute approximate surface area is 234 Å². The maximum absolute atomic E-state index is 14.2. The zero-order valence-corrected chi connectivity index (χ0v) is 22.9. The fraction of sp³-hybridized carbons (Fsp3) is 0.385. The molecule has 0 saturated carbocycles. The van der Waals surface area contributed by atoms with Gasteiger partial charge in [0.05, 0.1) is 17.3 Å². The molecule has 13 heteroatoms. The van der Waals surface area contributed by atoms with Crippen molar-refractivity contribution >= 4 is 41.1 Å². The third kappa shape index (κ3) is 7.17. The van der Waals surface area contributed by atoms with Crippen molar-refractivity contribution in [3.8, 4) is 16.9 Å². The van der Waals surface area contributed by atoms with Crippen molar-refractivity contribution in [2.24, 2.45) is 0 Å². The number of carbonyl (C=O) groups excluding carboxylic acids is 2. The fourth-order valence-electron chi connectivity index (χ4n) is 4.09. The van der Waals surface area contributed by atoms with E-state index in [1.54, 1.807) is 32.3 Å². The summed E-state index contributed by atoms with van der Waals surface area (Å²) >= 11 is 12.5. The molecule has 1 fully saturated rings. The predicted octanol–water partition coefficient (Wildman–Crippen LogP) is 5.91. The summed E-state index contributed by atoms with van der Waals surface area (Å²) in [7, 11) is 0. The van der Waals surface area contributed by atoms with Gasteiger partial charge >= 0.3 is 12.1 Å². The van der Waals surface area contributed by atoms with Crippen LogP contribution in [0.3, 0.4) is 0 Å². The number of pyridine rings is 1. The summed E-state index contributed by atoms with van der Waals surface area (Å²) < 4.78 is 31.9. The number of halogens is 3. The number of ether oxygens (including phenoxy) is 3. The highest BCUT2D eigenvalue weighted by Gasteiger charge is 2.22. The summed E-state index contributed by atoms with van der Waals surface area (Å²) in [6.07, 6.45) is 5.56. The zero-order valence-electron chi connectivity index (χ0n) is 21.4. The molecule has 1 amide bonds. The molecule has 0 aliphatic carbocycles. The van der Waals surface area contributed by atoms with E-state index in [1.807, 2.05) is 10.9 Å². The van der Waals surface area contributed by atoms with Gasteiger partial charge < -0.3 is 19.5 Å². The van der Waals surface area contributed by atoms with E-state index in [1.165, 1.54) is 6.07 Å². The molecule has 0 radical (unpaired) electrons. The molecule has 208 valence electrons. The van der Waals surface area contributed by atoms with Gasteiger partial charge in [-0.15, -0.1) is 0 Å². The average molecular weight is 580 g/mol. The number of hydrogen-bond donors (Lipinski definition) is 2. The third-order valence-electron chi connectivity index (χ3n) is 6.18. The summed E-state index contributed by atoms with van der Waals surface area (Å²) in [5, 5.41) is 10.4. The number of rotatable bonds is 9. The second-order valence-electron chi connectivity index (χ2n) is 8.82. The first-order valence-corrected chi connectivity index (χ1v) is 13.2. The lowest BCUT2D eigenvalue weighted by atomic mass is 10.1. The lowest BCUT2D eigenvalue weighted by molar-refractivity contribution is -0.151. The molecule has 2 aromatic heterocycles. The van der Waals surface area contributed by atoms with Gasteiger partial charge in [0.25, 0.3) is 0 Å². The molecular formula is C26H28Cl2FN5O5. The zero-order chi connectivity index (χ0) is 27.9. The van der Waals surface area contributed by atoms with Gasteiger partial charge in [-0.1, -0.05) is 30.1 Å². The Kier molecular flexibility index (Phi) is 9.60. The molecule has 0 spiro atoms. The average Bonchev–Trinajstić information content (AvgIpc) is 3.43. The molecule has 1 aliphatic heterocycles. The van der Waals surface area contributed by atoms with E-state index in [2.05, 4.69) is 20.7 Å². The minimum absolute atomic E-state index is 0.0202. The molecule has 3 aromatic rings. The van der Waals surface area contributed by atoms with Crippen molar-refractivity contribution in [2.45, 2.75) is 45.3 Å².